The van der Waals surface area contributed by atoms with E-state index < -0.39 is 0 Å². The molecule has 0 unspecified atom stereocenters. The lowest BCUT2D eigenvalue weighted by atomic mass is 10.0. The first-order valence-electron chi connectivity index (χ1n) is 11.6. The number of unbranched alkanes of at least 4 members (excludes halogenated alkanes) is 7. The zero-order valence-corrected chi connectivity index (χ0v) is 18.2. The van der Waals surface area contributed by atoms with Crippen LogP contribution in [0.2, 0.25) is 0 Å². The summed E-state index contributed by atoms with van der Waals surface area (Å²) < 4.78 is 0. The van der Waals surface area contributed by atoms with E-state index in [1.165, 1.54) is 43.4 Å². The summed E-state index contributed by atoms with van der Waals surface area (Å²) in [6.07, 6.45) is 11.8. The van der Waals surface area contributed by atoms with Crippen molar-refractivity contribution in [3.05, 3.63) is 41.1 Å². The topological polar surface area (TPSA) is 40.6 Å². The monoisotopic (exact) mass is 396 g/mol. The molecule has 1 aromatic carbocycles. The average Bonchev–Trinajstić information content (AvgIpc) is 3.32. The predicted molar refractivity (Wildman–Crippen MR) is 118 cm³/mol. The van der Waals surface area contributed by atoms with Crippen LogP contribution in [0, 0.1) is 6.92 Å². The Hall–Kier alpha value is -2.10. The summed E-state index contributed by atoms with van der Waals surface area (Å²) in [7, 11) is 0. The van der Waals surface area contributed by atoms with Gasteiger partial charge in [-0.2, -0.15) is 0 Å². The number of hydrogen-bond donors (Lipinski definition) is 0. The molecule has 4 nitrogen and oxygen atoms in total. The predicted octanol–water partition coefficient (Wildman–Crippen LogP) is 5.31. The fourth-order valence-corrected chi connectivity index (χ4v) is 4.38. The number of benzene rings is 1. The number of carbonyl (C=O) groups is 2. The summed E-state index contributed by atoms with van der Waals surface area (Å²) in [5.74, 6) is -0.195. The summed E-state index contributed by atoms with van der Waals surface area (Å²) in [4.78, 5) is 30.1. The van der Waals surface area contributed by atoms with Crippen LogP contribution >= 0.6 is 0 Å². The summed E-state index contributed by atoms with van der Waals surface area (Å²) in [6, 6.07) is 7.99. The van der Waals surface area contributed by atoms with Crippen LogP contribution < -0.4 is 0 Å². The third-order valence-electron chi connectivity index (χ3n) is 6.14. The third kappa shape index (κ3) is 5.29. The zero-order valence-electron chi connectivity index (χ0n) is 18.2. The summed E-state index contributed by atoms with van der Waals surface area (Å²) in [5, 5.41) is 0. The number of carbonyl (C=O) groups excluding carboxylic acids is 2. The lowest BCUT2D eigenvalue weighted by Gasteiger charge is -2.20. The minimum Gasteiger partial charge on any atom is -0.366 e. The van der Waals surface area contributed by atoms with Gasteiger partial charge in [-0.05, 0) is 31.7 Å². The Morgan fingerprint density at radius 3 is 2.00 bits per heavy atom. The van der Waals surface area contributed by atoms with E-state index in [-0.39, 0.29) is 11.8 Å². The number of nitrogens with zero attached hydrogens (tertiary/aromatic N) is 2. The van der Waals surface area contributed by atoms with Gasteiger partial charge < -0.3 is 4.90 Å². The Morgan fingerprint density at radius 2 is 1.38 bits per heavy atom. The molecule has 2 heterocycles. The van der Waals surface area contributed by atoms with Gasteiger partial charge in [0.25, 0.3) is 11.8 Å². The molecular formula is C25H36N2O2. The highest BCUT2D eigenvalue weighted by molar-refractivity contribution is 6.35. The van der Waals surface area contributed by atoms with Gasteiger partial charge in [0.15, 0.2) is 0 Å². The fourth-order valence-electron chi connectivity index (χ4n) is 4.38. The first-order chi connectivity index (χ1) is 14.1. The first kappa shape index (κ1) is 21.6. The van der Waals surface area contributed by atoms with Gasteiger partial charge in [0.1, 0.15) is 5.70 Å². The number of amides is 2. The Kier molecular flexibility index (Phi) is 7.91. The van der Waals surface area contributed by atoms with Gasteiger partial charge in [-0.25, -0.2) is 0 Å². The molecule has 4 heteroatoms. The molecule has 1 fully saturated rings. The number of imide groups is 1. The standard InChI is InChI=1S/C25H36N2O2/c1-3-4-5-6-7-8-9-10-19-27-24(28)22(21-15-13-20(2)14-16-21)23(25(27)29)26-17-11-12-18-26/h13-16H,3-12,17-19H2,1-2H3. The van der Waals surface area contributed by atoms with Crippen molar-refractivity contribution < 1.29 is 9.59 Å². The molecule has 0 atom stereocenters. The van der Waals surface area contributed by atoms with Crippen molar-refractivity contribution in [1.82, 2.24) is 9.80 Å². The number of aryl methyl sites for hydroxylation is 1. The van der Waals surface area contributed by atoms with E-state index in [0.29, 0.717) is 17.8 Å². The van der Waals surface area contributed by atoms with E-state index in [1.807, 2.05) is 31.2 Å². The van der Waals surface area contributed by atoms with Gasteiger partial charge >= 0.3 is 0 Å². The van der Waals surface area contributed by atoms with Crippen molar-refractivity contribution >= 4 is 17.4 Å². The van der Waals surface area contributed by atoms with E-state index in [0.717, 1.165) is 49.9 Å². The van der Waals surface area contributed by atoms with Crippen molar-refractivity contribution in [2.45, 2.75) is 78.1 Å². The second-order valence-corrected chi connectivity index (χ2v) is 8.52. The summed E-state index contributed by atoms with van der Waals surface area (Å²) in [5.41, 5.74) is 3.27. The molecule has 2 aliphatic heterocycles. The molecule has 1 saturated heterocycles. The van der Waals surface area contributed by atoms with Crippen LogP contribution in [0.5, 0.6) is 0 Å². The molecule has 158 valence electrons. The van der Waals surface area contributed by atoms with Gasteiger partial charge in [0.05, 0.1) is 5.57 Å². The molecule has 0 bridgehead atoms. The highest BCUT2D eigenvalue weighted by atomic mass is 16.2. The largest absolute Gasteiger partial charge is 0.366 e. The van der Waals surface area contributed by atoms with Crippen molar-refractivity contribution in [3.8, 4) is 0 Å². The Bertz CT molecular complexity index is 730. The molecule has 2 amide bonds. The molecule has 0 N–H and O–H groups in total. The number of rotatable bonds is 11. The molecule has 0 aromatic heterocycles. The molecule has 0 saturated carbocycles. The van der Waals surface area contributed by atoms with E-state index in [2.05, 4.69) is 11.8 Å². The lowest BCUT2D eigenvalue weighted by Crippen LogP contribution is -2.35. The third-order valence-corrected chi connectivity index (χ3v) is 6.14. The Labute approximate surface area is 176 Å². The lowest BCUT2D eigenvalue weighted by molar-refractivity contribution is -0.137. The minimum atomic E-state index is -0.108. The quantitative estimate of drug-likeness (QED) is 0.376. The molecule has 1 aromatic rings. The van der Waals surface area contributed by atoms with Crippen molar-refractivity contribution in [1.29, 1.82) is 0 Å². The van der Waals surface area contributed by atoms with Crippen molar-refractivity contribution in [2.24, 2.45) is 0 Å². The number of hydrogen-bond acceptors (Lipinski definition) is 3. The smallest absolute Gasteiger partial charge is 0.277 e. The van der Waals surface area contributed by atoms with Gasteiger partial charge in [-0.1, -0.05) is 81.7 Å². The second kappa shape index (κ2) is 10.6. The maximum Gasteiger partial charge on any atom is 0.277 e. The number of likely N-dealkylation sites (tertiary alicyclic amines) is 1. The highest BCUT2D eigenvalue weighted by Crippen LogP contribution is 2.33. The fraction of sp³-hybridized carbons (Fsp3) is 0.600. The van der Waals surface area contributed by atoms with Crippen LogP contribution in [0.1, 0.15) is 82.3 Å². The average molecular weight is 397 g/mol. The molecule has 0 spiro atoms. The van der Waals surface area contributed by atoms with Gasteiger partial charge in [-0.15, -0.1) is 0 Å². The van der Waals surface area contributed by atoms with E-state index in [4.69, 9.17) is 0 Å². The molecule has 2 aliphatic rings. The molecule has 0 radical (unpaired) electrons. The van der Waals surface area contributed by atoms with Crippen molar-refractivity contribution in [3.63, 3.8) is 0 Å². The van der Waals surface area contributed by atoms with Gasteiger partial charge in [-0.3, -0.25) is 14.5 Å². The Morgan fingerprint density at radius 1 is 0.793 bits per heavy atom. The van der Waals surface area contributed by atoms with Crippen LogP contribution in [0.3, 0.4) is 0 Å². The Balaban J connectivity index is 1.64. The zero-order chi connectivity index (χ0) is 20.6. The van der Waals surface area contributed by atoms with Crippen LogP contribution in [0.4, 0.5) is 0 Å². The minimum absolute atomic E-state index is 0.0876. The summed E-state index contributed by atoms with van der Waals surface area (Å²) >= 11 is 0. The second-order valence-electron chi connectivity index (χ2n) is 8.52. The van der Waals surface area contributed by atoms with Crippen LogP contribution in [0.25, 0.3) is 5.57 Å². The molecule has 29 heavy (non-hydrogen) atoms. The maximum atomic E-state index is 13.2. The SMILES string of the molecule is CCCCCCCCCCN1C(=O)C(c2ccc(C)cc2)=C(N2CCCC2)C1=O. The van der Waals surface area contributed by atoms with E-state index in [9.17, 15) is 9.59 Å². The van der Waals surface area contributed by atoms with Gasteiger partial charge in [0, 0.05) is 19.6 Å². The first-order valence-corrected chi connectivity index (χ1v) is 11.6. The van der Waals surface area contributed by atoms with E-state index in [1.54, 1.807) is 0 Å². The van der Waals surface area contributed by atoms with Crippen molar-refractivity contribution in [2.75, 3.05) is 19.6 Å². The molecule has 3 rings (SSSR count). The van der Waals surface area contributed by atoms with Crippen LogP contribution in [-0.4, -0.2) is 41.2 Å². The summed E-state index contributed by atoms with van der Waals surface area (Å²) in [6.45, 7) is 6.55. The van der Waals surface area contributed by atoms with Crippen LogP contribution in [-0.2, 0) is 9.59 Å². The molecular weight excluding hydrogens is 360 g/mol. The maximum absolute atomic E-state index is 13.2. The van der Waals surface area contributed by atoms with Gasteiger partial charge in [0.2, 0.25) is 0 Å². The highest BCUT2D eigenvalue weighted by Gasteiger charge is 2.41. The van der Waals surface area contributed by atoms with E-state index >= 15 is 0 Å². The molecule has 0 aliphatic carbocycles. The van der Waals surface area contributed by atoms with Crippen LogP contribution in [0.15, 0.2) is 30.0 Å². The normalized spacial score (nSPS) is 17.2.